The van der Waals surface area contributed by atoms with Gasteiger partial charge in [-0.15, -0.1) is 5.10 Å². The number of ether oxygens (including phenoxy) is 1. The summed E-state index contributed by atoms with van der Waals surface area (Å²) >= 11 is 0. The fourth-order valence-corrected chi connectivity index (χ4v) is 5.93. The lowest BCUT2D eigenvalue weighted by Gasteiger charge is -2.36. The Morgan fingerprint density at radius 1 is 1.12 bits per heavy atom. The highest BCUT2D eigenvalue weighted by Gasteiger charge is 2.41. The van der Waals surface area contributed by atoms with Crippen LogP contribution in [0.15, 0.2) is 30.5 Å². The smallest absolute Gasteiger partial charge is 0.416 e. The molecule has 1 aliphatic heterocycles. The Hall–Kier alpha value is -3.70. The average Bonchev–Trinajstić information content (AvgIpc) is 3.47. The van der Waals surface area contributed by atoms with Crippen molar-refractivity contribution in [3.8, 4) is 11.4 Å². The van der Waals surface area contributed by atoms with E-state index in [-0.39, 0.29) is 6.54 Å². The molecule has 0 spiro atoms. The van der Waals surface area contributed by atoms with E-state index in [1.165, 1.54) is 6.42 Å². The van der Waals surface area contributed by atoms with Gasteiger partial charge in [-0.25, -0.2) is 14.5 Å². The molecule has 0 bridgehead atoms. The van der Waals surface area contributed by atoms with Gasteiger partial charge in [0.05, 0.1) is 18.2 Å². The summed E-state index contributed by atoms with van der Waals surface area (Å²) in [5.41, 5.74) is 1.53. The predicted molar refractivity (Wildman–Crippen MR) is 142 cm³/mol. The number of hydrogen-bond acceptors (Lipinski definition) is 7. The zero-order chi connectivity index (χ0) is 28.6. The van der Waals surface area contributed by atoms with E-state index in [1.807, 2.05) is 6.07 Å². The Kier molecular flexibility index (Phi) is 7.70. The topological polar surface area (TPSA) is 89.3 Å². The first-order chi connectivity index (χ1) is 19.1. The van der Waals surface area contributed by atoms with Crippen molar-refractivity contribution >= 4 is 11.9 Å². The van der Waals surface area contributed by atoms with Gasteiger partial charge in [0, 0.05) is 37.0 Å². The molecule has 0 radical (unpaired) electrons. The van der Waals surface area contributed by atoms with Gasteiger partial charge in [0.1, 0.15) is 11.9 Å². The van der Waals surface area contributed by atoms with Gasteiger partial charge in [0.15, 0.2) is 5.82 Å². The molecule has 2 aliphatic rings. The number of cyclic esters (lactones) is 1. The van der Waals surface area contributed by atoms with Gasteiger partial charge in [-0.2, -0.15) is 13.2 Å². The molecule has 2 fully saturated rings. The van der Waals surface area contributed by atoms with E-state index < -0.39 is 30.0 Å². The molecule has 2 aromatic heterocycles. The van der Waals surface area contributed by atoms with Crippen LogP contribution in [0.1, 0.15) is 74.3 Å². The van der Waals surface area contributed by atoms with Crippen LogP contribution in [-0.2, 0) is 24.5 Å². The number of nitrogens with zero attached hydrogens (tertiary/aromatic N) is 7. The lowest BCUT2D eigenvalue weighted by atomic mass is 9.93. The van der Waals surface area contributed by atoms with Crippen LogP contribution in [0.4, 0.5) is 23.8 Å². The average molecular weight is 558 g/mol. The second-order valence-corrected chi connectivity index (χ2v) is 10.7. The van der Waals surface area contributed by atoms with Crippen molar-refractivity contribution in [3.05, 3.63) is 52.7 Å². The maximum absolute atomic E-state index is 13.5. The minimum Gasteiger partial charge on any atom is -0.439 e. The van der Waals surface area contributed by atoms with Crippen molar-refractivity contribution in [1.82, 2.24) is 30.1 Å². The highest BCUT2D eigenvalue weighted by atomic mass is 19.4. The molecule has 3 heterocycles. The van der Waals surface area contributed by atoms with Gasteiger partial charge in [0.25, 0.3) is 0 Å². The van der Waals surface area contributed by atoms with E-state index in [2.05, 4.69) is 27.3 Å². The molecule has 1 saturated heterocycles. The molecule has 0 unspecified atom stereocenters. The minimum absolute atomic E-state index is 0.180. The maximum Gasteiger partial charge on any atom is 0.416 e. The fourth-order valence-electron chi connectivity index (χ4n) is 5.93. The van der Waals surface area contributed by atoms with Crippen molar-refractivity contribution in [2.45, 2.75) is 83.8 Å². The zero-order valence-corrected chi connectivity index (χ0v) is 23.1. The van der Waals surface area contributed by atoms with Crippen molar-refractivity contribution in [2.75, 3.05) is 11.4 Å². The first kappa shape index (κ1) is 27.9. The summed E-state index contributed by atoms with van der Waals surface area (Å²) in [6.07, 6.45) is 1.52. The Morgan fingerprint density at radius 3 is 2.52 bits per heavy atom. The third-order valence-corrected chi connectivity index (χ3v) is 7.94. The third-order valence-electron chi connectivity index (χ3n) is 7.94. The van der Waals surface area contributed by atoms with Crippen LogP contribution in [0, 0.1) is 6.92 Å². The van der Waals surface area contributed by atoms with Gasteiger partial charge < -0.3 is 9.64 Å². The quantitative estimate of drug-likeness (QED) is 0.361. The summed E-state index contributed by atoms with van der Waals surface area (Å²) in [6.45, 7) is 6.43. The van der Waals surface area contributed by atoms with E-state index in [1.54, 1.807) is 42.7 Å². The summed E-state index contributed by atoms with van der Waals surface area (Å²) in [6, 6.07) is 5.59. The Balaban J connectivity index is 1.50. The molecule has 1 aromatic carbocycles. The van der Waals surface area contributed by atoms with Crippen LogP contribution in [-0.4, -0.2) is 54.8 Å². The molecule has 1 amide bonds. The number of aromatic nitrogens is 5. The van der Waals surface area contributed by atoms with Crippen LogP contribution in [0.25, 0.3) is 11.4 Å². The molecule has 12 heteroatoms. The SMILES string of the molecule is CCN(c1ncc(-c2nnnn2C)cc1CN1C(=O)O[C@H](c2cc(C)cc(C(F)(F)F)c2)[C@@H]1C)C1CCCCC1. The van der Waals surface area contributed by atoms with Crippen LogP contribution < -0.4 is 4.90 Å². The second-order valence-electron chi connectivity index (χ2n) is 10.7. The molecule has 0 N–H and O–H groups in total. The zero-order valence-electron chi connectivity index (χ0n) is 23.1. The Labute approximate surface area is 231 Å². The molecule has 1 saturated carbocycles. The van der Waals surface area contributed by atoms with Gasteiger partial charge in [-0.1, -0.05) is 30.9 Å². The molecule has 214 valence electrons. The fraction of sp³-hybridized carbons (Fsp3) is 0.536. The number of rotatable bonds is 7. The van der Waals surface area contributed by atoms with E-state index in [9.17, 15) is 18.0 Å². The number of alkyl halides is 3. The number of halogens is 3. The molecule has 3 aromatic rings. The second kappa shape index (κ2) is 11.1. The number of pyridine rings is 1. The molecular weight excluding hydrogens is 523 g/mol. The highest BCUT2D eigenvalue weighted by molar-refractivity contribution is 5.72. The highest BCUT2D eigenvalue weighted by Crippen LogP contribution is 2.39. The molecule has 9 nitrogen and oxygen atoms in total. The maximum atomic E-state index is 13.5. The largest absolute Gasteiger partial charge is 0.439 e. The molecule has 2 atom stereocenters. The summed E-state index contributed by atoms with van der Waals surface area (Å²) < 4.78 is 47.8. The van der Waals surface area contributed by atoms with Crippen molar-refractivity contribution in [2.24, 2.45) is 7.05 Å². The Morgan fingerprint density at radius 2 is 1.88 bits per heavy atom. The number of carbonyl (C=O) groups excluding carboxylic acids is 1. The van der Waals surface area contributed by atoms with Gasteiger partial charge in [0.2, 0.25) is 0 Å². The van der Waals surface area contributed by atoms with Crippen molar-refractivity contribution in [1.29, 1.82) is 0 Å². The molecule has 5 rings (SSSR count). The van der Waals surface area contributed by atoms with E-state index >= 15 is 0 Å². The standard InChI is InChI=1S/C28H34F3N7O2/c1-5-37(23-9-7-6-8-10-23)25-21(13-20(15-32-25)26-33-34-35-36(26)4)16-38-18(3)24(40-27(38)39)19-11-17(2)12-22(14-19)28(29,30)31/h11-15,18,23-24H,5-10,16H2,1-4H3/t18-,24-/m0/s1. The minimum atomic E-state index is -4.50. The molecule has 1 aliphatic carbocycles. The summed E-state index contributed by atoms with van der Waals surface area (Å²) in [7, 11) is 1.74. The monoisotopic (exact) mass is 557 g/mol. The third kappa shape index (κ3) is 5.48. The number of aryl methyl sites for hydroxylation is 2. The number of benzene rings is 1. The summed E-state index contributed by atoms with van der Waals surface area (Å²) in [4.78, 5) is 21.9. The molecule has 40 heavy (non-hydrogen) atoms. The number of tetrazole rings is 1. The number of amides is 1. The van der Waals surface area contributed by atoms with Gasteiger partial charge in [-0.05, 0) is 67.8 Å². The van der Waals surface area contributed by atoms with Crippen LogP contribution in [0.3, 0.4) is 0 Å². The van der Waals surface area contributed by atoms with Crippen LogP contribution in [0.2, 0.25) is 0 Å². The lowest BCUT2D eigenvalue weighted by Crippen LogP contribution is -2.39. The Bertz CT molecular complexity index is 1370. The number of anilines is 1. The first-order valence-corrected chi connectivity index (χ1v) is 13.7. The van der Waals surface area contributed by atoms with E-state index in [0.717, 1.165) is 55.7 Å². The number of hydrogen-bond donors (Lipinski definition) is 0. The van der Waals surface area contributed by atoms with Crippen LogP contribution in [0.5, 0.6) is 0 Å². The normalized spacial score (nSPS) is 20.2. The predicted octanol–water partition coefficient (Wildman–Crippen LogP) is 5.84. The van der Waals surface area contributed by atoms with E-state index in [4.69, 9.17) is 9.72 Å². The summed E-state index contributed by atoms with van der Waals surface area (Å²) in [5.74, 6) is 1.32. The molecular formula is C28H34F3N7O2. The van der Waals surface area contributed by atoms with Crippen molar-refractivity contribution in [3.63, 3.8) is 0 Å². The first-order valence-electron chi connectivity index (χ1n) is 13.7. The van der Waals surface area contributed by atoms with Gasteiger partial charge in [-0.3, -0.25) is 4.90 Å². The summed E-state index contributed by atoms with van der Waals surface area (Å²) in [5, 5.41) is 11.8. The lowest BCUT2D eigenvalue weighted by molar-refractivity contribution is -0.137. The van der Waals surface area contributed by atoms with Gasteiger partial charge >= 0.3 is 12.3 Å². The van der Waals surface area contributed by atoms with Crippen LogP contribution >= 0.6 is 0 Å². The van der Waals surface area contributed by atoms with Crippen molar-refractivity contribution < 1.29 is 22.7 Å². The van der Waals surface area contributed by atoms with E-state index in [0.29, 0.717) is 28.6 Å². The number of carbonyl (C=O) groups is 1.